The van der Waals surface area contributed by atoms with Crippen LogP contribution in [0.3, 0.4) is 0 Å². The summed E-state index contributed by atoms with van der Waals surface area (Å²) in [5.41, 5.74) is 0.890. The highest BCUT2D eigenvalue weighted by Gasteiger charge is 2.16. The molecule has 1 rings (SSSR count). The molecule has 92 valence electrons. The molecule has 0 saturated heterocycles. The van der Waals surface area contributed by atoms with Crippen LogP contribution < -0.4 is 0 Å². The molecule has 16 heavy (non-hydrogen) atoms. The van der Waals surface area contributed by atoms with Crippen LogP contribution in [0.4, 0.5) is 0 Å². The van der Waals surface area contributed by atoms with Crippen molar-refractivity contribution in [1.82, 2.24) is 0 Å². The molecule has 0 amide bonds. The molecule has 0 heterocycles. The molecule has 1 aliphatic rings. The largest absolute Gasteiger partial charge is 0.411 e. The topological polar surface area (TPSA) is 52.8 Å². The van der Waals surface area contributed by atoms with Crippen molar-refractivity contribution in [2.24, 2.45) is 11.1 Å². The fourth-order valence-corrected chi connectivity index (χ4v) is 2.20. The van der Waals surface area contributed by atoms with Crippen molar-refractivity contribution in [2.45, 2.75) is 58.0 Å². The van der Waals surface area contributed by atoms with Crippen molar-refractivity contribution in [3.8, 4) is 0 Å². The zero-order valence-electron chi connectivity index (χ0n) is 10.3. The molecule has 0 aromatic heterocycles. The molecule has 0 fully saturated rings. The molecule has 3 nitrogen and oxygen atoms in total. The second-order valence-corrected chi connectivity index (χ2v) is 5.33. The Morgan fingerprint density at radius 1 is 1.56 bits per heavy atom. The zero-order chi connectivity index (χ0) is 12.0. The van der Waals surface area contributed by atoms with Crippen molar-refractivity contribution in [2.75, 3.05) is 0 Å². The van der Waals surface area contributed by atoms with Gasteiger partial charge < -0.3 is 10.3 Å². The quantitative estimate of drug-likeness (QED) is 0.327. The van der Waals surface area contributed by atoms with Gasteiger partial charge in [-0.2, -0.15) is 0 Å². The average Bonchev–Trinajstić information content (AvgIpc) is 2.17. The highest BCUT2D eigenvalue weighted by Crippen LogP contribution is 2.27. The van der Waals surface area contributed by atoms with E-state index in [1.807, 2.05) is 13.8 Å². The van der Waals surface area contributed by atoms with E-state index in [9.17, 15) is 5.11 Å². The first kappa shape index (κ1) is 13.2. The predicted octanol–water partition coefficient (Wildman–Crippen LogP) is 3.11. The van der Waals surface area contributed by atoms with E-state index in [0.29, 0.717) is 5.92 Å². The van der Waals surface area contributed by atoms with E-state index in [4.69, 9.17) is 5.21 Å². The molecule has 0 spiro atoms. The van der Waals surface area contributed by atoms with Gasteiger partial charge in [0.2, 0.25) is 0 Å². The average molecular weight is 225 g/mol. The third-order valence-corrected chi connectivity index (χ3v) is 3.06. The lowest BCUT2D eigenvalue weighted by molar-refractivity contribution is 0.0688. The van der Waals surface area contributed by atoms with E-state index in [1.165, 1.54) is 5.57 Å². The Morgan fingerprint density at radius 2 is 2.31 bits per heavy atom. The number of allylic oxidation sites excluding steroid dienone is 2. The summed E-state index contributed by atoms with van der Waals surface area (Å²) in [7, 11) is 0. The molecule has 0 aliphatic heterocycles. The maximum Gasteiger partial charge on any atom is 0.0591 e. The Balaban J connectivity index is 2.30. The van der Waals surface area contributed by atoms with Gasteiger partial charge in [0.05, 0.1) is 5.60 Å². The molecule has 0 saturated carbocycles. The van der Waals surface area contributed by atoms with Crippen LogP contribution in [0.5, 0.6) is 0 Å². The molecule has 0 radical (unpaired) electrons. The Hall–Kier alpha value is -0.830. The van der Waals surface area contributed by atoms with Gasteiger partial charge in [0.25, 0.3) is 0 Å². The summed E-state index contributed by atoms with van der Waals surface area (Å²) in [6, 6.07) is 0. The highest BCUT2D eigenvalue weighted by molar-refractivity contribution is 5.60. The molecule has 0 aromatic rings. The van der Waals surface area contributed by atoms with Crippen LogP contribution in [0.25, 0.3) is 0 Å². The van der Waals surface area contributed by atoms with Gasteiger partial charge in [-0.15, -0.1) is 5.16 Å². The summed E-state index contributed by atoms with van der Waals surface area (Å²) in [5.74, 6) is 0.395. The molecule has 0 bridgehead atoms. The minimum atomic E-state index is -0.554. The summed E-state index contributed by atoms with van der Waals surface area (Å²) < 4.78 is 0. The standard InChI is InChI=1S/C13H23NO2/c1-13(2,15)8-4-7-11-5-3-6-12(9-11)10-14-16/h5,10,12,15-16H,3-4,6-9H2,1-2H3. The normalized spacial score (nSPS) is 22.4. The lowest BCUT2D eigenvalue weighted by atomic mass is 9.86. The van der Waals surface area contributed by atoms with Crippen LogP contribution in [-0.4, -0.2) is 22.1 Å². The number of hydrogen-bond acceptors (Lipinski definition) is 3. The summed E-state index contributed by atoms with van der Waals surface area (Å²) in [6.07, 6.45) is 10.0. The van der Waals surface area contributed by atoms with Gasteiger partial charge in [-0.05, 0) is 52.4 Å². The first-order valence-electron chi connectivity index (χ1n) is 6.09. The first-order valence-corrected chi connectivity index (χ1v) is 6.09. The third kappa shape index (κ3) is 5.31. The third-order valence-electron chi connectivity index (χ3n) is 3.06. The number of oxime groups is 1. The Morgan fingerprint density at radius 3 is 2.94 bits per heavy atom. The molecular formula is C13H23NO2. The predicted molar refractivity (Wildman–Crippen MR) is 65.9 cm³/mol. The van der Waals surface area contributed by atoms with Crippen LogP contribution in [0.2, 0.25) is 0 Å². The minimum absolute atomic E-state index is 0.395. The second kappa shape index (κ2) is 6.04. The van der Waals surface area contributed by atoms with Gasteiger partial charge in [0.1, 0.15) is 0 Å². The van der Waals surface area contributed by atoms with Crippen molar-refractivity contribution in [3.63, 3.8) is 0 Å². The van der Waals surface area contributed by atoms with Gasteiger partial charge >= 0.3 is 0 Å². The van der Waals surface area contributed by atoms with Crippen molar-refractivity contribution in [1.29, 1.82) is 0 Å². The van der Waals surface area contributed by atoms with E-state index >= 15 is 0 Å². The molecule has 0 aromatic carbocycles. The minimum Gasteiger partial charge on any atom is -0.411 e. The van der Waals surface area contributed by atoms with E-state index in [2.05, 4.69) is 11.2 Å². The lowest BCUT2D eigenvalue weighted by Gasteiger charge is -2.21. The van der Waals surface area contributed by atoms with Gasteiger partial charge in [0, 0.05) is 12.1 Å². The maximum atomic E-state index is 9.61. The summed E-state index contributed by atoms with van der Waals surface area (Å²) in [5, 5.41) is 21.2. The number of nitrogens with zero attached hydrogens (tertiary/aromatic N) is 1. The van der Waals surface area contributed by atoms with Gasteiger partial charge in [-0.1, -0.05) is 11.6 Å². The second-order valence-electron chi connectivity index (χ2n) is 5.33. The fraction of sp³-hybridized carbons (Fsp3) is 0.769. The van der Waals surface area contributed by atoms with Crippen LogP contribution in [0, 0.1) is 5.92 Å². The number of hydrogen-bond donors (Lipinski definition) is 2. The Bertz CT molecular complexity index is 264. The molecular weight excluding hydrogens is 202 g/mol. The molecule has 1 atom stereocenters. The zero-order valence-corrected chi connectivity index (χ0v) is 10.3. The van der Waals surface area contributed by atoms with Crippen LogP contribution in [-0.2, 0) is 0 Å². The molecule has 1 unspecified atom stereocenters. The van der Waals surface area contributed by atoms with Crippen molar-refractivity contribution >= 4 is 6.21 Å². The van der Waals surface area contributed by atoms with E-state index in [0.717, 1.165) is 38.5 Å². The van der Waals surface area contributed by atoms with E-state index < -0.39 is 5.60 Å². The van der Waals surface area contributed by atoms with E-state index in [-0.39, 0.29) is 0 Å². The van der Waals surface area contributed by atoms with Crippen LogP contribution >= 0.6 is 0 Å². The van der Waals surface area contributed by atoms with Gasteiger partial charge in [0.15, 0.2) is 0 Å². The van der Waals surface area contributed by atoms with E-state index in [1.54, 1.807) is 6.21 Å². The monoisotopic (exact) mass is 225 g/mol. The molecule has 1 aliphatic carbocycles. The van der Waals surface area contributed by atoms with Crippen LogP contribution in [0.1, 0.15) is 52.4 Å². The lowest BCUT2D eigenvalue weighted by Crippen LogP contribution is -2.18. The van der Waals surface area contributed by atoms with Gasteiger partial charge in [-0.3, -0.25) is 0 Å². The summed E-state index contributed by atoms with van der Waals surface area (Å²) in [4.78, 5) is 0. The maximum absolute atomic E-state index is 9.61. The van der Waals surface area contributed by atoms with Crippen molar-refractivity contribution < 1.29 is 10.3 Å². The Kier molecular flexibility index (Phi) is 5.00. The SMILES string of the molecule is CC(C)(O)CCCC1=CCCC(C=NO)C1. The summed E-state index contributed by atoms with van der Waals surface area (Å²) >= 11 is 0. The van der Waals surface area contributed by atoms with Crippen molar-refractivity contribution in [3.05, 3.63) is 11.6 Å². The number of aliphatic hydroxyl groups is 1. The smallest absolute Gasteiger partial charge is 0.0591 e. The summed E-state index contributed by atoms with van der Waals surface area (Å²) in [6.45, 7) is 3.70. The van der Waals surface area contributed by atoms with Crippen LogP contribution in [0.15, 0.2) is 16.8 Å². The highest BCUT2D eigenvalue weighted by atomic mass is 16.4. The molecule has 2 N–H and O–H groups in total. The molecule has 3 heteroatoms. The number of rotatable bonds is 5. The Labute approximate surface area is 97.9 Å². The fourth-order valence-electron chi connectivity index (χ4n) is 2.20. The van der Waals surface area contributed by atoms with Gasteiger partial charge in [-0.25, -0.2) is 0 Å². The first-order chi connectivity index (χ1) is 7.51.